The minimum atomic E-state index is -0.519. The monoisotopic (exact) mass is 299 g/mol. The number of nitro groups is 2. The zero-order chi connectivity index (χ0) is 15.9. The number of nitro benzene ring substituents is 1. The summed E-state index contributed by atoms with van der Waals surface area (Å²) in [7, 11) is 0. The minimum Gasteiger partial charge on any atom is -0.258 e. The van der Waals surface area contributed by atoms with Crippen molar-refractivity contribution in [3.05, 3.63) is 62.5 Å². The topological polar surface area (TPSA) is 117 Å². The molecule has 0 unspecified atom stereocenters. The number of non-ortho nitro benzene ring substituents is 1. The van der Waals surface area contributed by atoms with E-state index in [0.717, 1.165) is 6.20 Å². The van der Waals surface area contributed by atoms with Gasteiger partial charge in [-0.05, 0) is 19.1 Å². The van der Waals surface area contributed by atoms with Gasteiger partial charge >= 0.3 is 0 Å². The number of fused-ring (bicyclic) bond motifs is 1. The van der Waals surface area contributed by atoms with Crippen LogP contribution in [0.2, 0.25) is 0 Å². The Labute approximate surface area is 123 Å². The Kier molecular flexibility index (Phi) is 3.02. The van der Waals surface area contributed by atoms with Crippen LogP contribution in [0, 0.1) is 27.2 Å². The van der Waals surface area contributed by atoms with E-state index >= 15 is 0 Å². The van der Waals surface area contributed by atoms with Gasteiger partial charge in [0, 0.05) is 23.6 Å². The lowest BCUT2D eigenvalue weighted by Crippen LogP contribution is -1.98. The predicted octanol–water partition coefficient (Wildman–Crippen LogP) is 2.55. The fourth-order valence-electron chi connectivity index (χ4n) is 2.13. The first-order valence-electron chi connectivity index (χ1n) is 6.22. The van der Waals surface area contributed by atoms with Crippen molar-refractivity contribution in [3.63, 3.8) is 0 Å². The smallest absolute Gasteiger partial charge is 0.258 e. The molecular weight excluding hydrogens is 290 g/mol. The van der Waals surface area contributed by atoms with Gasteiger partial charge in [0.1, 0.15) is 6.20 Å². The number of hydrogen-bond acceptors (Lipinski definition) is 6. The van der Waals surface area contributed by atoms with E-state index < -0.39 is 9.85 Å². The number of rotatable bonds is 3. The number of benzene rings is 1. The lowest BCUT2D eigenvalue weighted by atomic mass is 10.2. The number of nitrogens with zero attached hydrogens (tertiary/aromatic N) is 5. The van der Waals surface area contributed by atoms with E-state index in [0.29, 0.717) is 22.4 Å². The summed E-state index contributed by atoms with van der Waals surface area (Å²) in [5.41, 5.74) is 1.49. The predicted molar refractivity (Wildman–Crippen MR) is 76.9 cm³/mol. The van der Waals surface area contributed by atoms with Crippen molar-refractivity contribution < 1.29 is 9.85 Å². The molecule has 0 aliphatic carbocycles. The van der Waals surface area contributed by atoms with Gasteiger partial charge in [0.05, 0.1) is 21.2 Å². The molecule has 0 saturated heterocycles. The van der Waals surface area contributed by atoms with Crippen LogP contribution >= 0.6 is 0 Å². The van der Waals surface area contributed by atoms with Crippen molar-refractivity contribution in [2.45, 2.75) is 6.92 Å². The molecule has 0 spiro atoms. The highest BCUT2D eigenvalue weighted by Gasteiger charge is 2.15. The van der Waals surface area contributed by atoms with Crippen molar-refractivity contribution in [1.82, 2.24) is 14.8 Å². The molecule has 0 N–H and O–H groups in total. The van der Waals surface area contributed by atoms with Gasteiger partial charge in [-0.25, -0.2) is 9.67 Å². The van der Waals surface area contributed by atoms with Crippen LogP contribution in [0.4, 0.5) is 11.4 Å². The molecule has 0 saturated carbocycles. The molecule has 9 nitrogen and oxygen atoms in total. The quantitative estimate of drug-likeness (QED) is 0.541. The second-order valence-corrected chi connectivity index (χ2v) is 4.59. The fourth-order valence-corrected chi connectivity index (χ4v) is 2.13. The van der Waals surface area contributed by atoms with Gasteiger partial charge in [-0.3, -0.25) is 20.2 Å². The van der Waals surface area contributed by atoms with Crippen LogP contribution < -0.4 is 0 Å². The van der Waals surface area contributed by atoms with Gasteiger partial charge in [-0.15, -0.1) is 0 Å². The normalized spacial score (nSPS) is 10.8. The Morgan fingerprint density at radius 2 is 1.68 bits per heavy atom. The second-order valence-electron chi connectivity index (χ2n) is 4.59. The minimum absolute atomic E-state index is 0.0273. The lowest BCUT2D eigenvalue weighted by molar-refractivity contribution is -0.385. The Morgan fingerprint density at radius 3 is 2.27 bits per heavy atom. The highest BCUT2D eigenvalue weighted by molar-refractivity contribution is 5.81. The largest absolute Gasteiger partial charge is 0.288 e. The molecule has 0 atom stereocenters. The molecule has 3 rings (SSSR count). The molecule has 0 aliphatic heterocycles. The van der Waals surface area contributed by atoms with Crippen molar-refractivity contribution in [2.75, 3.05) is 0 Å². The summed E-state index contributed by atoms with van der Waals surface area (Å²) in [5, 5.41) is 26.3. The Hall–Kier alpha value is -3.36. The van der Waals surface area contributed by atoms with E-state index in [4.69, 9.17) is 0 Å². The molecule has 0 aliphatic rings. The molecule has 9 heteroatoms. The van der Waals surface area contributed by atoms with Crippen LogP contribution in [0.5, 0.6) is 0 Å². The molecule has 0 bridgehead atoms. The Morgan fingerprint density at radius 1 is 1.05 bits per heavy atom. The Balaban J connectivity index is 2.15. The molecule has 0 fully saturated rings. The molecule has 2 heterocycles. The van der Waals surface area contributed by atoms with E-state index in [-0.39, 0.29) is 11.4 Å². The van der Waals surface area contributed by atoms with Gasteiger partial charge < -0.3 is 0 Å². The standard InChI is InChI=1S/C13H9N5O4/c1-8-12-6-11(18(21)22)7-14-13(12)16(15-8)9-2-4-10(5-3-9)17(19)20/h2-7H,1H3. The highest BCUT2D eigenvalue weighted by Crippen LogP contribution is 2.24. The van der Waals surface area contributed by atoms with E-state index in [1.807, 2.05) is 0 Å². The summed E-state index contributed by atoms with van der Waals surface area (Å²) < 4.78 is 1.50. The first-order chi connectivity index (χ1) is 10.5. The van der Waals surface area contributed by atoms with Gasteiger partial charge in [0.25, 0.3) is 11.4 Å². The third-order valence-electron chi connectivity index (χ3n) is 3.21. The molecule has 110 valence electrons. The van der Waals surface area contributed by atoms with Crippen molar-refractivity contribution >= 4 is 22.4 Å². The molecule has 0 radical (unpaired) electrons. The SMILES string of the molecule is Cc1nn(-c2ccc([N+](=O)[O-])cc2)c2ncc([N+](=O)[O-])cc12. The summed E-state index contributed by atoms with van der Waals surface area (Å²) in [6.45, 7) is 1.72. The van der Waals surface area contributed by atoms with Crippen LogP contribution in [0.15, 0.2) is 36.5 Å². The van der Waals surface area contributed by atoms with Crippen LogP contribution in [0.1, 0.15) is 5.69 Å². The van der Waals surface area contributed by atoms with E-state index in [1.54, 1.807) is 19.1 Å². The van der Waals surface area contributed by atoms with E-state index in [9.17, 15) is 20.2 Å². The highest BCUT2D eigenvalue weighted by atomic mass is 16.6. The molecule has 3 aromatic rings. The average Bonchev–Trinajstić information content (AvgIpc) is 2.84. The molecule has 1 aromatic carbocycles. The van der Waals surface area contributed by atoms with E-state index in [2.05, 4.69) is 10.1 Å². The molecular formula is C13H9N5O4. The maximum Gasteiger partial charge on any atom is 0.288 e. The number of hydrogen-bond donors (Lipinski definition) is 0. The molecule has 0 amide bonds. The third-order valence-corrected chi connectivity index (χ3v) is 3.21. The summed E-state index contributed by atoms with van der Waals surface area (Å²) >= 11 is 0. The molecule has 22 heavy (non-hydrogen) atoms. The summed E-state index contributed by atoms with van der Waals surface area (Å²) in [6, 6.07) is 7.24. The average molecular weight is 299 g/mol. The number of aromatic nitrogens is 3. The first kappa shape index (κ1) is 13.6. The first-order valence-corrected chi connectivity index (χ1v) is 6.22. The van der Waals surface area contributed by atoms with Crippen molar-refractivity contribution in [3.8, 4) is 5.69 Å². The van der Waals surface area contributed by atoms with E-state index in [1.165, 1.54) is 22.9 Å². The van der Waals surface area contributed by atoms with Crippen LogP contribution in [0.25, 0.3) is 16.7 Å². The van der Waals surface area contributed by atoms with Gasteiger partial charge in [0.2, 0.25) is 0 Å². The second kappa shape index (κ2) is 4.88. The summed E-state index contributed by atoms with van der Waals surface area (Å²) in [5.74, 6) is 0. The molecule has 2 aromatic heterocycles. The summed E-state index contributed by atoms with van der Waals surface area (Å²) in [6.07, 6.45) is 1.16. The van der Waals surface area contributed by atoms with Crippen molar-refractivity contribution in [1.29, 1.82) is 0 Å². The fraction of sp³-hybridized carbons (Fsp3) is 0.0769. The lowest BCUT2D eigenvalue weighted by Gasteiger charge is -2.02. The van der Waals surface area contributed by atoms with Crippen LogP contribution in [-0.2, 0) is 0 Å². The summed E-state index contributed by atoms with van der Waals surface area (Å²) in [4.78, 5) is 24.6. The number of pyridine rings is 1. The zero-order valence-corrected chi connectivity index (χ0v) is 11.3. The third kappa shape index (κ3) is 2.14. The zero-order valence-electron chi connectivity index (χ0n) is 11.3. The van der Waals surface area contributed by atoms with Gasteiger partial charge in [-0.1, -0.05) is 0 Å². The van der Waals surface area contributed by atoms with Crippen LogP contribution in [-0.4, -0.2) is 24.6 Å². The van der Waals surface area contributed by atoms with Crippen LogP contribution in [0.3, 0.4) is 0 Å². The maximum absolute atomic E-state index is 10.8. The number of aryl methyl sites for hydroxylation is 1. The Bertz CT molecular complexity index is 901. The maximum atomic E-state index is 10.8. The van der Waals surface area contributed by atoms with Gasteiger partial charge in [0.15, 0.2) is 5.65 Å². The van der Waals surface area contributed by atoms with Gasteiger partial charge in [-0.2, -0.15) is 5.10 Å². The van der Waals surface area contributed by atoms with Crippen molar-refractivity contribution in [2.24, 2.45) is 0 Å².